The van der Waals surface area contributed by atoms with E-state index in [9.17, 15) is 0 Å². The van der Waals surface area contributed by atoms with Crippen LogP contribution in [-0.4, -0.2) is 14.5 Å². The Bertz CT molecular complexity index is 3780. The van der Waals surface area contributed by atoms with Crippen LogP contribution >= 0.6 is 11.3 Å². The molecule has 0 spiro atoms. The van der Waals surface area contributed by atoms with Crippen LogP contribution in [0.5, 0.6) is 0 Å². The number of aromatic nitrogens is 3. The van der Waals surface area contributed by atoms with E-state index in [1.54, 1.807) is 0 Å². The highest BCUT2D eigenvalue weighted by Crippen LogP contribution is 2.49. The highest BCUT2D eigenvalue weighted by atomic mass is 32.1. The molecule has 5 heteroatoms. The molecule has 0 aliphatic heterocycles. The molecule has 9 aromatic carbocycles. The molecule has 13 rings (SSSR count). The number of para-hydroxylation sites is 2. The maximum Gasteiger partial charge on any atom is 0.236 e. The second kappa shape index (κ2) is 12.4. The fraction of sp³-hybridized carbons (Fsp3) is 0. The molecule has 0 amide bonds. The molecule has 0 fully saturated rings. The molecule has 0 saturated heterocycles. The van der Waals surface area contributed by atoms with Gasteiger partial charge < -0.3 is 4.42 Å². The summed E-state index contributed by atoms with van der Waals surface area (Å²) in [6.07, 6.45) is 0. The average Bonchev–Trinajstić information content (AvgIpc) is 4.00. The van der Waals surface area contributed by atoms with E-state index in [-0.39, 0.29) is 0 Å². The van der Waals surface area contributed by atoms with E-state index in [0.29, 0.717) is 11.5 Å². The number of rotatable bonds is 4. The van der Waals surface area contributed by atoms with Gasteiger partial charge in [0.15, 0.2) is 5.58 Å². The van der Waals surface area contributed by atoms with Crippen molar-refractivity contribution in [1.29, 1.82) is 0 Å². The van der Waals surface area contributed by atoms with Gasteiger partial charge in [-0.05, 0) is 69.4 Å². The molecular weight excluding hydrogens is 739 g/mol. The molecule has 0 aliphatic rings. The number of furan rings is 1. The highest BCUT2D eigenvalue weighted by molar-refractivity contribution is 7.27. The molecule has 0 bridgehead atoms. The van der Waals surface area contributed by atoms with Gasteiger partial charge in [0.25, 0.3) is 0 Å². The molecule has 0 unspecified atom stereocenters. The lowest BCUT2D eigenvalue weighted by Gasteiger charge is -2.13. The third-order valence-corrected chi connectivity index (χ3v) is 13.2. The van der Waals surface area contributed by atoms with Crippen molar-refractivity contribution in [3.05, 3.63) is 188 Å². The van der Waals surface area contributed by atoms with Crippen molar-refractivity contribution in [3.63, 3.8) is 0 Å². The van der Waals surface area contributed by atoms with Gasteiger partial charge in [-0.25, -0.2) is 9.97 Å². The molecular formula is C54H31N3OS. The minimum absolute atomic E-state index is 0.603. The van der Waals surface area contributed by atoms with Crippen LogP contribution < -0.4 is 0 Å². The van der Waals surface area contributed by atoms with Crippen molar-refractivity contribution in [2.24, 2.45) is 0 Å². The normalized spacial score (nSPS) is 12.1. The van der Waals surface area contributed by atoms with E-state index >= 15 is 0 Å². The van der Waals surface area contributed by atoms with Crippen LogP contribution in [0.3, 0.4) is 0 Å². The van der Waals surface area contributed by atoms with E-state index in [1.165, 1.54) is 52.5 Å². The summed E-state index contributed by atoms with van der Waals surface area (Å²) in [5.74, 6) is 0.603. The minimum atomic E-state index is 0.603. The van der Waals surface area contributed by atoms with Gasteiger partial charge >= 0.3 is 0 Å². The Morgan fingerprint density at radius 1 is 0.424 bits per heavy atom. The lowest BCUT2D eigenvalue weighted by Crippen LogP contribution is -2.03. The van der Waals surface area contributed by atoms with E-state index < -0.39 is 0 Å². The lowest BCUT2D eigenvalue weighted by molar-refractivity contribution is 0.666. The van der Waals surface area contributed by atoms with Crippen LogP contribution in [0.2, 0.25) is 0 Å². The molecule has 4 aromatic heterocycles. The molecule has 0 N–H and O–H groups in total. The number of benzene rings is 9. The number of fused-ring (bicyclic) bond motifs is 15. The Balaban J connectivity index is 1.19. The quantitative estimate of drug-likeness (QED) is 0.179. The first-order chi connectivity index (χ1) is 29.3. The van der Waals surface area contributed by atoms with E-state index in [1.807, 2.05) is 23.5 Å². The molecule has 274 valence electrons. The van der Waals surface area contributed by atoms with E-state index in [4.69, 9.17) is 14.4 Å². The molecule has 4 heterocycles. The third-order valence-electron chi connectivity index (χ3n) is 12.0. The van der Waals surface area contributed by atoms with Gasteiger partial charge in [-0.3, -0.25) is 4.57 Å². The predicted octanol–water partition coefficient (Wildman–Crippen LogP) is 15.1. The number of hydrogen-bond acceptors (Lipinski definition) is 4. The topological polar surface area (TPSA) is 43.9 Å². The lowest BCUT2D eigenvalue weighted by atomic mass is 9.95. The molecule has 0 atom stereocenters. The zero-order valence-electron chi connectivity index (χ0n) is 31.6. The van der Waals surface area contributed by atoms with Crippen LogP contribution in [0.4, 0.5) is 0 Å². The summed E-state index contributed by atoms with van der Waals surface area (Å²) in [6.45, 7) is 0. The third kappa shape index (κ3) is 4.77. The van der Waals surface area contributed by atoms with Gasteiger partial charge in [0, 0.05) is 52.7 Å². The fourth-order valence-electron chi connectivity index (χ4n) is 9.34. The number of thiophene rings is 1. The van der Waals surface area contributed by atoms with Crippen molar-refractivity contribution in [2.45, 2.75) is 0 Å². The Labute approximate surface area is 341 Å². The smallest absolute Gasteiger partial charge is 0.236 e. The Morgan fingerprint density at radius 2 is 1.03 bits per heavy atom. The summed E-state index contributed by atoms with van der Waals surface area (Å²) in [5, 5.41) is 10.8. The zero-order chi connectivity index (χ0) is 38.6. The van der Waals surface area contributed by atoms with Gasteiger partial charge in [-0.2, -0.15) is 0 Å². The fourth-order valence-corrected chi connectivity index (χ4v) is 10.7. The van der Waals surface area contributed by atoms with Crippen molar-refractivity contribution < 1.29 is 4.42 Å². The molecule has 13 aromatic rings. The van der Waals surface area contributed by atoms with Crippen molar-refractivity contribution >= 4 is 96.9 Å². The first-order valence-corrected chi connectivity index (χ1v) is 20.7. The first kappa shape index (κ1) is 32.5. The highest BCUT2D eigenvalue weighted by Gasteiger charge is 2.26. The molecule has 0 saturated carbocycles. The summed E-state index contributed by atoms with van der Waals surface area (Å²) in [5.41, 5.74) is 10.6. The Kier molecular flexibility index (Phi) is 6.85. The molecule has 4 nitrogen and oxygen atoms in total. The van der Waals surface area contributed by atoms with E-state index in [2.05, 4.69) is 180 Å². The Morgan fingerprint density at radius 3 is 1.80 bits per heavy atom. The summed E-state index contributed by atoms with van der Waals surface area (Å²) in [4.78, 5) is 11.1. The molecule has 0 radical (unpaired) electrons. The number of hydrogen-bond donors (Lipinski definition) is 0. The molecule has 59 heavy (non-hydrogen) atoms. The van der Waals surface area contributed by atoms with Crippen molar-refractivity contribution in [3.8, 4) is 39.5 Å². The van der Waals surface area contributed by atoms with Crippen LogP contribution in [0, 0.1) is 0 Å². The maximum atomic E-state index is 6.74. The van der Waals surface area contributed by atoms with Gasteiger partial charge in [-0.15, -0.1) is 11.3 Å². The van der Waals surface area contributed by atoms with Crippen LogP contribution in [0.25, 0.3) is 125 Å². The maximum absolute atomic E-state index is 6.74. The van der Waals surface area contributed by atoms with E-state index in [0.717, 1.165) is 61.0 Å². The van der Waals surface area contributed by atoms with Gasteiger partial charge in [0.2, 0.25) is 5.95 Å². The zero-order valence-corrected chi connectivity index (χ0v) is 32.4. The monoisotopic (exact) mass is 769 g/mol. The van der Waals surface area contributed by atoms with Crippen LogP contribution in [0.15, 0.2) is 192 Å². The van der Waals surface area contributed by atoms with Gasteiger partial charge in [-0.1, -0.05) is 152 Å². The van der Waals surface area contributed by atoms with Crippen LogP contribution in [-0.2, 0) is 0 Å². The SMILES string of the molecule is c1ccc(-c2cc(-c3ccccc3)cc(-c3nc(-n4c5ccccc5c5c6c7ccc8ccccc8c7sc6c6ccccc6c54)nc4c3oc3ccccc34)c2)cc1. The van der Waals surface area contributed by atoms with Gasteiger partial charge in [0.1, 0.15) is 16.8 Å². The Hall–Kier alpha value is -7.60. The largest absolute Gasteiger partial charge is 0.452 e. The summed E-state index contributed by atoms with van der Waals surface area (Å²) in [7, 11) is 0. The second-order valence-corrected chi connectivity index (χ2v) is 16.3. The standard InChI is InChI=1S/C54H31N3OS/c1-3-15-32(16-4-1)35-29-36(33-17-5-2-6-18-33)31-37(30-35)48-51-49(42-24-12-14-26-45(42)58-51)56-54(55-48)57-44-25-13-11-23-41(44)46-47-43-28-27-34-19-7-8-20-38(34)52(43)59-53(47)40-22-10-9-21-39(40)50(46)57/h1-31H. The summed E-state index contributed by atoms with van der Waals surface area (Å²) in [6, 6.07) is 67.0. The molecule has 0 aliphatic carbocycles. The number of nitrogens with zero attached hydrogens (tertiary/aromatic N) is 3. The predicted molar refractivity (Wildman–Crippen MR) is 248 cm³/mol. The van der Waals surface area contributed by atoms with Crippen molar-refractivity contribution in [1.82, 2.24) is 14.5 Å². The summed E-state index contributed by atoms with van der Waals surface area (Å²) >= 11 is 1.90. The van der Waals surface area contributed by atoms with Gasteiger partial charge in [0.05, 0.1) is 11.0 Å². The average molecular weight is 770 g/mol. The van der Waals surface area contributed by atoms with Crippen LogP contribution in [0.1, 0.15) is 0 Å². The minimum Gasteiger partial charge on any atom is -0.452 e. The van der Waals surface area contributed by atoms with Crippen molar-refractivity contribution in [2.75, 3.05) is 0 Å². The first-order valence-electron chi connectivity index (χ1n) is 19.9. The summed E-state index contributed by atoms with van der Waals surface area (Å²) < 4.78 is 11.7. The second-order valence-electron chi connectivity index (χ2n) is 15.3.